The van der Waals surface area contributed by atoms with Gasteiger partial charge in [0.1, 0.15) is 0 Å². The number of benzene rings is 1. The number of carbonyl (C=O) groups excluding carboxylic acids is 1. The Bertz CT molecular complexity index is 772. The largest absolute Gasteiger partial charge is 0.447 e. The highest BCUT2D eigenvalue weighted by molar-refractivity contribution is 7.90. The highest BCUT2D eigenvalue weighted by Gasteiger charge is 2.18. The third-order valence-electron chi connectivity index (χ3n) is 3.20. The van der Waals surface area contributed by atoms with Crippen molar-refractivity contribution in [3.63, 3.8) is 0 Å². The highest BCUT2D eigenvalue weighted by Crippen LogP contribution is 2.10. The highest BCUT2D eigenvalue weighted by atomic mass is 32.2. The molecule has 0 heterocycles. The van der Waals surface area contributed by atoms with Gasteiger partial charge in [0.2, 0.25) is 0 Å². The number of oxime groups is 1. The first-order valence-corrected chi connectivity index (χ1v) is 9.32. The summed E-state index contributed by atoms with van der Waals surface area (Å²) >= 11 is 0. The van der Waals surface area contributed by atoms with Gasteiger partial charge in [-0.3, -0.25) is 4.84 Å². The van der Waals surface area contributed by atoms with Gasteiger partial charge >= 0.3 is 6.09 Å². The summed E-state index contributed by atoms with van der Waals surface area (Å²) in [7, 11) is -3.97. The van der Waals surface area contributed by atoms with E-state index >= 15 is 0 Å². The Balaban J connectivity index is 2.51. The number of amides is 1. The van der Waals surface area contributed by atoms with E-state index in [-0.39, 0.29) is 4.90 Å². The summed E-state index contributed by atoms with van der Waals surface area (Å²) in [6.45, 7) is 7.85. The van der Waals surface area contributed by atoms with Crippen molar-refractivity contribution in [2.75, 3.05) is 0 Å². The van der Waals surface area contributed by atoms with Crippen LogP contribution in [0.25, 0.3) is 0 Å². The van der Waals surface area contributed by atoms with Gasteiger partial charge in [-0.25, -0.2) is 17.9 Å². The monoisotopic (exact) mass is 364 g/mol. The van der Waals surface area contributed by atoms with E-state index in [0.717, 1.165) is 24.0 Å². The van der Waals surface area contributed by atoms with E-state index in [9.17, 15) is 13.2 Å². The molecule has 7 heteroatoms. The van der Waals surface area contributed by atoms with Crippen LogP contribution in [0.5, 0.6) is 0 Å². The Hall–Kier alpha value is -2.41. The molecule has 1 rings (SSSR count). The maximum atomic E-state index is 12.0. The van der Waals surface area contributed by atoms with Gasteiger partial charge in [-0.1, -0.05) is 40.1 Å². The Kier molecular flexibility index (Phi) is 8.07. The molecule has 0 aliphatic carbocycles. The van der Waals surface area contributed by atoms with Crippen molar-refractivity contribution in [3.8, 4) is 0 Å². The lowest BCUT2D eigenvalue weighted by molar-refractivity contribution is 0.158. The van der Waals surface area contributed by atoms with Crippen molar-refractivity contribution >= 4 is 22.3 Å². The number of sulfonamides is 1. The second-order valence-corrected chi connectivity index (χ2v) is 7.57. The van der Waals surface area contributed by atoms with Gasteiger partial charge in [-0.05, 0) is 58.7 Å². The lowest BCUT2D eigenvalue weighted by Crippen LogP contribution is -2.30. The van der Waals surface area contributed by atoms with E-state index in [1.165, 1.54) is 23.9 Å². The van der Waals surface area contributed by atoms with Crippen LogP contribution < -0.4 is 4.72 Å². The van der Waals surface area contributed by atoms with Gasteiger partial charge in [0, 0.05) is 0 Å². The van der Waals surface area contributed by atoms with Crippen molar-refractivity contribution in [1.82, 2.24) is 4.72 Å². The molecule has 0 fully saturated rings. The SMILES string of the molecule is CC(C)=CCCC(C)=CC=NOC(=O)NS(=O)(=O)c1ccc(C)cc1. The first-order valence-electron chi connectivity index (χ1n) is 7.83. The number of hydrogen-bond acceptors (Lipinski definition) is 5. The number of carbonyl (C=O) groups is 1. The van der Waals surface area contributed by atoms with Crippen molar-refractivity contribution in [2.24, 2.45) is 5.16 Å². The number of rotatable bonds is 7. The topological polar surface area (TPSA) is 84.8 Å². The molecule has 0 radical (unpaired) electrons. The minimum Gasteiger partial charge on any atom is -0.297 e. The molecule has 0 saturated carbocycles. The third kappa shape index (κ3) is 8.30. The van der Waals surface area contributed by atoms with Crippen LogP contribution in [0.1, 0.15) is 39.2 Å². The average Bonchev–Trinajstić information content (AvgIpc) is 2.51. The van der Waals surface area contributed by atoms with Crippen LogP contribution in [0, 0.1) is 6.92 Å². The molecule has 1 aromatic carbocycles. The summed E-state index contributed by atoms with van der Waals surface area (Å²) in [4.78, 5) is 16.0. The lowest BCUT2D eigenvalue weighted by atomic mass is 10.1. The number of aryl methyl sites for hydroxylation is 1. The third-order valence-corrected chi connectivity index (χ3v) is 4.52. The first kappa shape index (κ1) is 20.6. The molecule has 0 aliphatic heterocycles. The summed E-state index contributed by atoms with van der Waals surface area (Å²) < 4.78 is 25.8. The Morgan fingerprint density at radius 1 is 1.20 bits per heavy atom. The maximum absolute atomic E-state index is 12.0. The van der Waals surface area contributed by atoms with Crippen molar-refractivity contribution in [2.45, 2.75) is 45.4 Å². The Labute approximate surface area is 149 Å². The molecular weight excluding hydrogens is 340 g/mol. The van der Waals surface area contributed by atoms with E-state index in [0.29, 0.717) is 0 Å². The fraction of sp³-hybridized carbons (Fsp3) is 0.333. The molecule has 0 saturated heterocycles. The van der Waals surface area contributed by atoms with E-state index in [1.54, 1.807) is 22.9 Å². The average molecular weight is 364 g/mol. The molecule has 0 aliphatic rings. The fourth-order valence-corrected chi connectivity index (χ4v) is 2.68. The van der Waals surface area contributed by atoms with Gasteiger partial charge in [0.15, 0.2) is 0 Å². The predicted molar refractivity (Wildman–Crippen MR) is 98.9 cm³/mol. The second-order valence-electron chi connectivity index (χ2n) is 5.88. The molecule has 1 N–H and O–H groups in total. The van der Waals surface area contributed by atoms with Gasteiger partial charge < -0.3 is 0 Å². The van der Waals surface area contributed by atoms with Gasteiger partial charge in [-0.15, -0.1) is 0 Å². The van der Waals surface area contributed by atoms with Crippen LogP contribution >= 0.6 is 0 Å². The quantitative estimate of drug-likeness (QED) is 0.342. The summed E-state index contributed by atoms with van der Waals surface area (Å²) in [5, 5.41) is 3.45. The van der Waals surface area contributed by atoms with Gasteiger partial charge in [0.05, 0.1) is 11.1 Å². The standard InChI is InChI=1S/C18H24N2O4S/c1-14(2)6-5-7-15(3)12-13-19-24-18(21)20-25(22,23)17-10-8-16(4)9-11-17/h6,8-13H,5,7H2,1-4H3,(H,20,21). The summed E-state index contributed by atoms with van der Waals surface area (Å²) in [5.74, 6) is 0. The van der Waals surface area contributed by atoms with Crippen LogP contribution in [0.2, 0.25) is 0 Å². The van der Waals surface area contributed by atoms with Crippen LogP contribution in [-0.4, -0.2) is 20.7 Å². The zero-order valence-corrected chi connectivity index (χ0v) is 15.8. The first-order chi connectivity index (χ1) is 11.7. The molecule has 25 heavy (non-hydrogen) atoms. The molecule has 1 amide bonds. The fourth-order valence-electron chi connectivity index (χ4n) is 1.81. The predicted octanol–water partition coefficient (Wildman–Crippen LogP) is 4.09. The number of nitrogens with one attached hydrogen (secondary N) is 1. The number of hydrogen-bond donors (Lipinski definition) is 1. The molecule has 1 aromatic rings. The smallest absolute Gasteiger partial charge is 0.297 e. The molecule has 0 atom stereocenters. The second kappa shape index (κ2) is 9.78. The van der Waals surface area contributed by atoms with Crippen molar-refractivity contribution in [3.05, 3.63) is 53.1 Å². The van der Waals surface area contributed by atoms with Crippen molar-refractivity contribution < 1.29 is 18.0 Å². The van der Waals surface area contributed by atoms with Gasteiger partial charge in [-0.2, -0.15) is 0 Å². The maximum Gasteiger partial charge on any atom is 0.447 e. The molecule has 136 valence electrons. The lowest BCUT2D eigenvalue weighted by Gasteiger charge is -2.05. The van der Waals surface area contributed by atoms with E-state index < -0.39 is 16.1 Å². The zero-order chi connectivity index (χ0) is 18.9. The zero-order valence-electron chi connectivity index (χ0n) is 14.9. The van der Waals surface area contributed by atoms with Crippen LogP contribution in [-0.2, 0) is 14.9 Å². The van der Waals surface area contributed by atoms with Gasteiger partial charge in [0.25, 0.3) is 10.0 Å². The normalized spacial score (nSPS) is 12.1. The van der Waals surface area contributed by atoms with Crippen LogP contribution in [0.4, 0.5) is 4.79 Å². The summed E-state index contributed by atoms with van der Waals surface area (Å²) in [5.41, 5.74) is 3.24. The number of allylic oxidation sites excluding steroid dienone is 4. The van der Waals surface area contributed by atoms with E-state index in [2.05, 4.69) is 16.1 Å². The minimum absolute atomic E-state index is 0.0194. The minimum atomic E-state index is -3.97. The Morgan fingerprint density at radius 2 is 1.84 bits per heavy atom. The molecule has 0 bridgehead atoms. The Morgan fingerprint density at radius 3 is 2.44 bits per heavy atom. The van der Waals surface area contributed by atoms with Crippen molar-refractivity contribution in [1.29, 1.82) is 0 Å². The van der Waals surface area contributed by atoms with E-state index in [1.807, 2.05) is 27.7 Å². The number of nitrogens with zero attached hydrogens (tertiary/aromatic N) is 1. The molecule has 6 nitrogen and oxygen atoms in total. The summed E-state index contributed by atoms with van der Waals surface area (Å²) in [6, 6.07) is 6.10. The van der Waals surface area contributed by atoms with Crippen LogP contribution in [0.3, 0.4) is 0 Å². The van der Waals surface area contributed by atoms with E-state index in [4.69, 9.17) is 0 Å². The summed E-state index contributed by atoms with van der Waals surface area (Å²) in [6.07, 6.45) is 5.79. The molecule has 0 unspecified atom stereocenters. The van der Waals surface area contributed by atoms with Crippen LogP contribution in [0.15, 0.2) is 57.6 Å². The molecule has 0 spiro atoms. The molecule has 0 aromatic heterocycles. The molecular formula is C18H24N2O4S.